The van der Waals surface area contributed by atoms with Crippen LogP contribution in [-0.4, -0.2) is 32.6 Å². The molecule has 0 unspecified atom stereocenters. The number of ether oxygens (including phenoxy) is 3. The van der Waals surface area contributed by atoms with Crippen LogP contribution in [0.2, 0.25) is 0 Å². The van der Waals surface area contributed by atoms with Crippen molar-refractivity contribution in [2.24, 2.45) is 0 Å². The number of hydrogen-bond donors (Lipinski definition) is 0. The van der Waals surface area contributed by atoms with E-state index in [9.17, 15) is 9.59 Å². The van der Waals surface area contributed by atoms with Crippen LogP contribution in [0.15, 0.2) is 54.6 Å². The Balaban J connectivity index is 1.96. The molecule has 0 aliphatic rings. The number of allylic oxidation sites excluding steroid dienone is 1. The van der Waals surface area contributed by atoms with Gasteiger partial charge in [-0.3, -0.25) is 4.79 Å². The van der Waals surface area contributed by atoms with Gasteiger partial charge in [0.05, 0.1) is 14.2 Å². The Morgan fingerprint density at radius 2 is 1.54 bits per heavy atom. The summed E-state index contributed by atoms with van der Waals surface area (Å²) in [5.74, 6) is 0.681. The standard InChI is InChI=1S/C19H18O5/c1-22-16-8-3-14(4-9-16)5-12-18(20)15-6-10-17(11-7-15)24-13-19(21)23-2/h3-12H,13H2,1-2H3/b12-5+. The monoisotopic (exact) mass is 326 g/mol. The van der Waals surface area contributed by atoms with Crippen LogP contribution in [0, 0.1) is 0 Å². The maximum atomic E-state index is 12.1. The zero-order valence-corrected chi connectivity index (χ0v) is 13.5. The summed E-state index contributed by atoms with van der Waals surface area (Å²) in [4.78, 5) is 23.1. The molecule has 0 atom stereocenters. The minimum atomic E-state index is -0.461. The van der Waals surface area contributed by atoms with E-state index >= 15 is 0 Å². The zero-order chi connectivity index (χ0) is 17.4. The van der Waals surface area contributed by atoms with Crippen LogP contribution < -0.4 is 9.47 Å². The molecule has 2 rings (SSSR count). The predicted molar refractivity (Wildman–Crippen MR) is 90.3 cm³/mol. The summed E-state index contributed by atoms with van der Waals surface area (Å²) in [6.45, 7) is -0.166. The van der Waals surface area contributed by atoms with Gasteiger partial charge in [-0.1, -0.05) is 18.2 Å². The second-order valence-electron chi connectivity index (χ2n) is 4.86. The molecule has 124 valence electrons. The van der Waals surface area contributed by atoms with E-state index in [1.54, 1.807) is 37.5 Å². The minimum absolute atomic E-state index is 0.120. The number of methoxy groups -OCH3 is 2. The first-order valence-electron chi connectivity index (χ1n) is 7.28. The van der Waals surface area contributed by atoms with Crippen molar-refractivity contribution in [3.8, 4) is 11.5 Å². The lowest BCUT2D eigenvalue weighted by Gasteiger charge is -2.05. The van der Waals surface area contributed by atoms with Gasteiger partial charge in [-0.05, 0) is 48.0 Å². The summed E-state index contributed by atoms with van der Waals surface area (Å²) >= 11 is 0. The molecule has 24 heavy (non-hydrogen) atoms. The largest absolute Gasteiger partial charge is 0.497 e. The molecule has 0 N–H and O–H groups in total. The molecule has 2 aromatic rings. The summed E-state index contributed by atoms with van der Waals surface area (Å²) in [5.41, 5.74) is 1.44. The van der Waals surface area contributed by atoms with Gasteiger partial charge in [0, 0.05) is 5.56 Å². The second kappa shape index (κ2) is 8.53. The van der Waals surface area contributed by atoms with Crippen molar-refractivity contribution >= 4 is 17.8 Å². The summed E-state index contributed by atoms with van der Waals surface area (Å²) < 4.78 is 14.8. The van der Waals surface area contributed by atoms with Crippen LogP contribution in [0.1, 0.15) is 15.9 Å². The molecular weight excluding hydrogens is 308 g/mol. The highest BCUT2D eigenvalue weighted by molar-refractivity contribution is 6.06. The quantitative estimate of drug-likeness (QED) is 0.444. The van der Waals surface area contributed by atoms with E-state index in [0.29, 0.717) is 11.3 Å². The Bertz CT molecular complexity index is 714. The van der Waals surface area contributed by atoms with Crippen molar-refractivity contribution < 1.29 is 23.8 Å². The smallest absolute Gasteiger partial charge is 0.343 e. The van der Waals surface area contributed by atoms with E-state index in [1.165, 1.54) is 13.2 Å². The maximum Gasteiger partial charge on any atom is 0.343 e. The van der Waals surface area contributed by atoms with Gasteiger partial charge in [0.15, 0.2) is 12.4 Å². The summed E-state index contributed by atoms with van der Waals surface area (Å²) in [7, 11) is 2.90. The van der Waals surface area contributed by atoms with Crippen LogP contribution >= 0.6 is 0 Å². The highest BCUT2D eigenvalue weighted by Crippen LogP contribution is 2.15. The maximum absolute atomic E-state index is 12.1. The third kappa shape index (κ3) is 4.98. The highest BCUT2D eigenvalue weighted by Gasteiger charge is 2.04. The number of hydrogen-bond acceptors (Lipinski definition) is 5. The molecule has 5 nitrogen and oxygen atoms in total. The number of carbonyl (C=O) groups excluding carboxylic acids is 2. The van der Waals surface area contributed by atoms with Gasteiger partial charge < -0.3 is 14.2 Å². The zero-order valence-electron chi connectivity index (χ0n) is 13.5. The van der Waals surface area contributed by atoms with Crippen LogP contribution in [0.4, 0.5) is 0 Å². The Hall–Kier alpha value is -3.08. The lowest BCUT2D eigenvalue weighted by molar-refractivity contribution is -0.142. The fourth-order valence-electron chi connectivity index (χ4n) is 1.90. The first-order chi connectivity index (χ1) is 11.6. The number of rotatable bonds is 7. The second-order valence-corrected chi connectivity index (χ2v) is 4.86. The number of esters is 1. The molecule has 0 bridgehead atoms. The van der Waals surface area contributed by atoms with Crippen molar-refractivity contribution in [3.63, 3.8) is 0 Å². The first kappa shape index (κ1) is 17.3. The fourth-order valence-corrected chi connectivity index (χ4v) is 1.90. The first-order valence-corrected chi connectivity index (χ1v) is 7.28. The molecule has 0 fully saturated rings. The van der Waals surface area contributed by atoms with Gasteiger partial charge in [-0.15, -0.1) is 0 Å². The number of benzene rings is 2. The Labute approximate surface area is 140 Å². The average Bonchev–Trinajstić information content (AvgIpc) is 2.64. The molecule has 0 spiro atoms. The Kier molecular flexibility index (Phi) is 6.14. The lowest BCUT2D eigenvalue weighted by atomic mass is 10.1. The van der Waals surface area contributed by atoms with Crippen LogP contribution in [0.5, 0.6) is 11.5 Å². The molecule has 0 amide bonds. The van der Waals surface area contributed by atoms with Crippen molar-refractivity contribution in [2.75, 3.05) is 20.8 Å². The third-order valence-corrected chi connectivity index (χ3v) is 3.27. The van der Waals surface area contributed by atoms with Crippen LogP contribution in [0.3, 0.4) is 0 Å². The summed E-state index contributed by atoms with van der Waals surface area (Å²) in [5, 5.41) is 0. The molecule has 0 aromatic heterocycles. The predicted octanol–water partition coefficient (Wildman–Crippen LogP) is 3.14. The van der Waals surface area contributed by atoms with Crippen molar-refractivity contribution in [1.29, 1.82) is 0 Å². The third-order valence-electron chi connectivity index (χ3n) is 3.27. The van der Waals surface area contributed by atoms with Crippen molar-refractivity contribution in [3.05, 3.63) is 65.7 Å². The average molecular weight is 326 g/mol. The normalized spacial score (nSPS) is 10.4. The van der Waals surface area contributed by atoms with Crippen LogP contribution in [-0.2, 0) is 9.53 Å². The van der Waals surface area contributed by atoms with Crippen molar-refractivity contribution in [2.45, 2.75) is 0 Å². The van der Waals surface area contributed by atoms with E-state index in [-0.39, 0.29) is 12.4 Å². The molecule has 0 radical (unpaired) electrons. The van der Waals surface area contributed by atoms with Gasteiger partial charge in [-0.2, -0.15) is 0 Å². The van der Waals surface area contributed by atoms with Gasteiger partial charge in [-0.25, -0.2) is 4.79 Å². The fraction of sp³-hybridized carbons (Fsp3) is 0.158. The van der Waals surface area contributed by atoms with E-state index in [4.69, 9.17) is 9.47 Å². The molecule has 2 aromatic carbocycles. The molecule has 0 aliphatic heterocycles. The van der Waals surface area contributed by atoms with Crippen LogP contribution in [0.25, 0.3) is 6.08 Å². The molecule has 0 saturated heterocycles. The van der Waals surface area contributed by atoms with Gasteiger partial charge >= 0.3 is 5.97 Å². The highest BCUT2D eigenvalue weighted by atomic mass is 16.6. The molecule has 0 aliphatic carbocycles. The SMILES string of the molecule is COC(=O)COc1ccc(C(=O)/C=C/c2ccc(OC)cc2)cc1. The van der Waals surface area contributed by atoms with E-state index in [0.717, 1.165) is 11.3 Å². The molecular formula is C19H18O5. The molecule has 5 heteroatoms. The van der Waals surface area contributed by atoms with E-state index < -0.39 is 5.97 Å². The Morgan fingerprint density at radius 1 is 0.917 bits per heavy atom. The minimum Gasteiger partial charge on any atom is -0.497 e. The van der Waals surface area contributed by atoms with E-state index in [2.05, 4.69) is 4.74 Å². The summed E-state index contributed by atoms with van der Waals surface area (Å²) in [6, 6.07) is 14.0. The molecule has 0 heterocycles. The number of ketones is 1. The van der Waals surface area contributed by atoms with E-state index in [1.807, 2.05) is 24.3 Å². The number of carbonyl (C=O) groups is 2. The van der Waals surface area contributed by atoms with Gasteiger partial charge in [0.1, 0.15) is 11.5 Å². The van der Waals surface area contributed by atoms with Gasteiger partial charge in [0.25, 0.3) is 0 Å². The van der Waals surface area contributed by atoms with Gasteiger partial charge in [0.2, 0.25) is 0 Å². The summed E-state index contributed by atoms with van der Waals surface area (Å²) in [6.07, 6.45) is 3.25. The molecule has 0 saturated carbocycles. The van der Waals surface area contributed by atoms with Crippen molar-refractivity contribution in [1.82, 2.24) is 0 Å². The lowest BCUT2D eigenvalue weighted by Crippen LogP contribution is -2.12. The topological polar surface area (TPSA) is 61.8 Å². The Morgan fingerprint density at radius 3 is 2.12 bits per heavy atom.